The quantitative estimate of drug-likeness (QED) is 0.162. The first-order chi connectivity index (χ1) is 24.7. The van der Waals surface area contributed by atoms with Gasteiger partial charge in [-0.25, -0.2) is 9.88 Å². The Labute approximate surface area is 292 Å². The van der Waals surface area contributed by atoms with Gasteiger partial charge in [-0.3, -0.25) is 24.1 Å². The van der Waals surface area contributed by atoms with Crippen LogP contribution in [0.3, 0.4) is 0 Å². The summed E-state index contributed by atoms with van der Waals surface area (Å²) in [6.07, 6.45) is 2.54. The van der Waals surface area contributed by atoms with Crippen molar-refractivity contribution in [2.24, 2.45) is 29.1 Å². The second-order valence-corrected chi connectivity index (χ2v) is 14.0. The maximum atomic E-state index is 14.6. The minimum Gasteiger partial charge on any atom is -0.504 e. The zero-order valence-electron chi connectivity index (χ0n) is 27.9. The van der Waals surface area contributed by atoms with Crippen LogP contribution < -0.4 is 14.5 Å². The highest BCUT2D eigenvalue weighted by molar-refractivity contribution is 6.25. The summed E-state index contributed by atoms with van der Waals surface area (Å²) in [5, 5.41) is 10.9. The van der Waals surface area contributed by atoms with Crippen molar-refractivity contribution in [2.45, 2.75) is 25.7 Å². The molecule has 2 aliphatic carbocycles. The first-order valence-corrected chi connectivity index (χ1v) is 17.0. The number of allylic oxidation sites excluding steroid dienone is 2. The van der Waals surface area contributed by atoms with Crippen molar-refractivity contribution in [1.29, 1.82) is 0 Å². The predicted molar refractivity (Wildman–Crippen MR) is 188 cm³/mol. The smallest absolute Gasteiger partial charge is 0.241 e. The maximum Gasteiger partial charge on any atom is 0.241 e. The van der Waals surface area contributed by atoms with Gasteiger partial charge in [-0.2, -0.15) is 0 Å². The Hall–Kier alpha value is -6.03. The van der Waals surface area contributed by atoms with Crippen LogP contribution in [0.2, 0.25) is 0 Å². The lowest BCUT2D eigenvalue weighted by atomic mass is 9.51. The molecule has 10 nitrogen and oxygen atoms in total. The molecule has 0 spiro atoms. The summed E-state index contributed by atoms with van der Waals surface area (Å²) < 4.78 is 11.2. The lowest BCUT2D eigenvalue weighted by Crippen LogP contribution is -2.48. The van der Waals surface area contributed by atoms with Crippen molar-refractivity contribution in [3.63, 3.8) is 0 Å². The lowest BCUT2D eigenvalue weighted by Gasteiger charge is -2.49. The normalized spacial score (nSPS) is 27.0. The molecule has 4 aromatic carbocycles. The van der Waals surface area contributed by atoms with Gasteiger partial charge in [-0.1, -0.05) is 48.0 Å². The number of imide groups is 2. The molecule has 254 valence electrons. The van der Waals surface area contributed by atoms with Crippen LogP contribution in [0.4, 0.5) is 11.4 Å². The topological polar surface area (TPSA) is 130 Å². The lowest BCUT2D eigenvalue weighted by molar-refractivity contribution is -0.131. The van der Waals surface area contributed by atoms with Gasteiger partial charge in [-0.05, 0) is 91.9 Å². The van der Waals surface area contributed by atoms with Gasteiger partial charge in [0.05, 0.1) is 41.7 Å². The van der Waals surface area contributed by atoms with E-state index in [1.165, 1.54) is 16.9 Å². The number of aromatic nitrogens is 1. The highest BCUT2D eigenvalue weighted by Crippen LogP contribution is 2.64. The number of hydrogen-bond donors (Lipinski definition) is 1. The van der Waals surface area contributed by atoms with Crippen LogP contribution in [-0.4, -0.2) is 40.8 Å². The van der Waals surface area contributed by atoms with Crippen LogP contribution in [0.1, 0.15) is 31.2 Å². The molecule has 0 bridgehead atoms. The van der Waals surface area contributed by atoms with Gasteiger partial charge >= 0.3 is 0 Å². The van der Waals surface area contributed by atoms with Gasteiger partial charge in [0.25, 0.3) is 0 Å². The first-order valence-electron chi connectivity index (χ1n) is 17.0. The number of carbonyl (C=O) groups excluding carboxylic acids is 4. The molecular weight excluding hydrogens is 646 g/mol. The molecule has 0 radical (unpaired) electrons. The van der Waals surface area contributed by atoms with E-state index in [2.05, 4.69) is 4.98 Å². The highest BCUT2D eigenvalue weighted by atomic mass is 16.5. The second-order valence-electron chi connectivity index (χ2n) is 14.0. The van der Waals surface area contributed by atoms with Gasteiger partial charge in [0.2, 0.25) is 29.5 Å². The van der Waals surface area contributed by atoms with Crippen LogP contribution in [0, 0.1) is 29.1 Å². The highest BCUT2D eigenvalue weighted by Gasteiger charge is 2.67. The predicted octanol–water partition coefficient (Wildman–Crippen LogP) is 6.64. The fraction of sp³-hybridized carbons (Fsp3) is 0.244. The molecule has 1 saturated carbocycles. The minimum atomic E-state index is -1.21. The third kappa shape index (κ3) is 4.38. The zero-order valence-corrected chi connectivity index (χ0v) is 27.9. The Morgan fingerprint density at radius 3 is 2.27 bits per heavy atom. The minimum absolute atomic E-state index is 0.0946. The van der Waals surface area contributed by atoms with Crippen molar-refractivity contribution in [1.82, 2.24) is 4.98 Å². The van der Waals surface area contributed by atoms with E-state index in [1.807, 2.05) is 43.3 Å². The molecule has 1 N–H and O–H groups in total. The maximum absolute atomic E-state index is 14.6. The van der Waals surface area contributed by atoms with Crippen molar-refractivity contribution in [3.8, 4) is 23.0 Å². The zero-order chi connectivity index (χ0) is 35.2. The molecule has 2 aliphatic heterocycles. The molecule has 4 amide bonds. The van der Waals surface area contributed by atoms with Crippen molar-refractivity contribution in [2.75, 3.05) is 16.9 Å². The number of anilines is 2. The molecule has 0 unspecified atom stereocenters. The van der Waals surface area contributed by atoms with Crippen LogP contribution in [0.25, 0.3) is 22.6 Å². The Morgan fingerprint density at radius 1 is 0.824 bits per heavy atom. The number of phenols is 1. The average molecular weight is 680 g/mol. The monoisotopic (exact) mass is 679 g/mol. The van der Waals surface area contributed by atoms with E-state index in [0.717, 1.165) is 11.1 Å². The standard InChI is InChI=1S/C41H33N3O7/c1-41-29(38(47)44(40(41)49)24-8-4-3-5-9-24)21-28-26(35(41)23-14-19-33(50-2)31(45)20-23)17-18-27-34(28)39(48)43(37(27)46)25-15-12-22(13-16-25)36-42-30-10-6-7-11-32(30)51-36/h3-17,19-20,27-29,34-35,45H,18,21H2,1-2H3/t27-,28+,29-,34-,35-,41+/m0/s1. The fourth-order valence-corrected chi connectivity index (χ4v) is 9.11. The number of aromatic hydroxyl groups is 1. The Morgan fingerprint density at radius 2 is 1.55 bits per heavy atom. The molecule has 3 heterocycles. The van der Waals surface area contributed by atoms with Crippen LogP contribution in [0.15, 0.2) is 113 Å². The summed E-state index contributed by atoms with van der Waals surface area (Å²) in [7, 11) is 1.46. The number of oxazole rings is 1. The van der Waals surface area contributed by atoms with Crippen molar-refractivity contribution < 1.29 is 33.4 Å². The van der Waals surface area contributed by atoms with Crippen LogP contribution in [-0.2, 0) is 19.2 Å². The van der Waals surface area contributed by atoms with E-state index in [-0.39, 0.29) is 41.5 Å². The molecule has 2 saturated heterocycles. The number of methoxy groups -OCH3 is 1. The van der Waals surface area contributed by atoms with Crippen LogP contribution >= 0.6 is 0 Å². The Kier molecular flexibility index (Phi) is 6.83. The number of carbonyl (C=O) groups is 4. The molecule has 5 aromatic rings. The molecule has 51 heavy (non-hydrogen) atoms. The summed E-state index contributed by atoms with van der Waals surface area (Å²) in [5.41, 5.74) is 3.29. The first kappa shape index (κ1) is 31.0. The van der Waals surface area contributed by atoms with E-state index in [9.17, 15) is 24.3 Å². The Bertz CT molecular complexity index is 2280. The summed E-state index contributed by atoms with van der Waals surface area (Å²) in [6.45, 7) is 1.82. The molecule has 9 rings (SSSR count). The van der Waals surface area contributed by atoms with Crippen molar-refractivity contribution in [3.05, 3.63) is 114 Å². The number of phenolic OH excluding ortho intramolecular Hbond substituents is 1. The van der Waals surface area contributed by atoms with E-state index in [1.54, 1.807) is 66.7 Å². The van der Waals surface area contributed by atoms with E-state index in [4.69, 9.17) is 9.15 Å². The third-order valence-electron chi connectivity index (χ3n) is 11.5. The summed E-state index contributed by atoms with van der Waals surface area (Å²) in [5.74, 6) is -3.90. The SMILES string of the molecule is COc1ccc([C@H]2C3=CC[C@@H]4C(=O)N(c5ccc(-c6nc7ccccc7o6)cc5)C(=O)[C@@H]4[C@@H]3C[C@H]3C(=O)N(c4ccccc4)C(=O)[C@@]23C)cc1O. The second kappa shape index (κ2) is 11.2. The number of ether oxygens (including phenoxy) is 1. The fourth-order valence-electron chi connectivity index (χ4n) is 9.11. The number of amides is 4. The van der Waals surface area contributed by atoms with Gasteiger partial charge in [0, 0.05) is 11.5 Å². The average Bonchev–Trinajstić information content (AvgIpc) is 3.75. The molecular formula is C41H33N3O7. The van der Waals surface area contributed by atoms with Gasteiger partial charge in [0.15, 0.2) is 17.1 Å². The number of hydrogen-bond acceptors (Lipinski definition) is 8. The summed E-state index contributed by atoms with van der Waals surface area (Å²) in [6, 6.07) is 28.4. The molecule has 4 aliphatic rings. The van der Waals surface area contributed by atoms with Crippen molar-refractivity contribution >= 4 is 46.1 Å². The largest absolute Gasteiger partial charge is 0.504 e. The summed E-state index contributed by atoms with van der Waals surface area (Å²) in [4.78, 5) is 64.6. The summed E-state index contributed by atoms with van der Waals surface area (Å²) >= 11 is 0. The van der Waals surface area contributed by atoms with E-state index < -0.39 is 35.0 Å². The number of rotatable bonds is 5. The van der Waals surface area contributed by atoms with Crippen LogP contribution in [0.5, 0.6) is 11.5 Å². The number of fused-ring (bicyclic) bond motifs is 5. The van der Waals surface area contributed by atoms with Gasteiger partial charge < -0.3 is 14.3 Å². The molecule has 3 fully saturated rings. The number of benzene rings is 4. The van der Waals surface area contributed by atoms with Gasteiger partial charge in [0.1, 0.15) is 5.52 Å². The number of para-hydroxylation sites is 3. The number of nitrogens with zero attached hydrogens (tertiary/aromatic N) is 3. The Balaban J connectivity index is 1.10. The third-order valence-corrected chi connectivity index (χ3v) is 11.5. The van der Waals surface area contributed by atoms with E-state index in [0.29, 0.717) is 40.4 Å². The molecule has 6 atom stereocenters. The molecule has 10 heteroatoms. The van der Waals surface area contributed by atoms with Gasteiger partial charge in [-0.15, -0.1) is 0 Å². The van der Waals surface area contributed by atoms with E-state index >= 15 is 0 Å². The molecule has 1 aromatic heterocycles.